The molecule has 1 atom stereocenters. The molecule has 1 aliphatic heterocycles. The van der Waals surface area contributed by atoms with Crippen molar-refractivity contribution in [2.24, 2.45) is 10.9 Å². The standard InChI is InChI=1S/C20H25N5OS/c1-21-20(23-13-19(26)24-17-6-5-10-22-12-17)25-11-9-16(14-25)15-27-18-7-3-2-4-8-18/h2-8,10,12,16H,9,11,13-15H2,1H3,(H,21,23)(H,24,26). The first-order chi connectivity index (χ1) is 13.2. The summed E-state index contributed by atoms with van der Waals surface area (Å²) in [5.41, 5.74) is 0.693. The van der Waals surface area contributed by atoms with E-state index in [1.54, 1.807) is 25.5 Å². The smallest absolute Gasteiger partial charge is 0.243 e. The second kappa shape index (κ2) is 9.97. The van der Waals surface area contributed by atoms with Crippen LogP contribution >= 0.6 is 11.8 Å². The molecule has 1 fully saturated rings. The summed E-state index contributed by atoms with van der Waals surface area (Å²) < 4.78 is 0. The minimum Gasteiger partial charge on any atom is -0.347 e. The molecule has 7 heteroatoms. The van der Waals surface area contributed by atoms with Gasteiger partial charge in [-0.1, -0.05) is 18.2 Å². The van der Waals surface area contributed by atoms with E-state index in [0.29, 0.717) is 11.6 Å². The molecule has 142 valence electrons. The number of anilines is 1. The van der Waals surface area contributed by atoms with Crippen molar-refractivity contribution < 1.29 is 4.79 Å². The Morgan fingerprint density at radius 3 is 2.89 bits per heavy atom. The summed E-state index contributed by atoms with van der Waals surface area (Å²) in [5.74, 6) is 2.39. The van der Waals surface area contributed by atoms with E-state index in [1.807, 2.05) is 23.9 Å². The van der Waals surface area contributed by atoms with Crippen molar-refractivity contribution in [1.29, 1.82) is 0 Å². The number of nitrogens with one attached hydrogen (secondary N) is 2. The Balaban J connectivity index is 1.42. The van der Waals surface area contributed by atoms with Gasteiger partial charge in [0.1, 0.15) is 0 Å². The van der Waals surface area contributed by atoms with E-state index < -0.39 is 0 Å². The quantitative estimate of drug-likeness (QED) is 0.456. The minimum atomic E-state index is -0.112. The molecule has 1 aromatic heterocycles. The highest BCUT2D eigenvalue weighted by Crippen LogP contribution is 2.25. The van der Waals surface area contributed by atoms with E-state index in [4.69, 9.17) is 0 Å². The number of guanidine groups is 1. The van der Waals surface area contributed by atoms with Crippen LogP contribution in [0.4, 0.5) is 5.69 Å². The fourth-order valence-corrected chi connectivity index (χ4v) is 4.08. The second-order valence-corrected chi connectivity index (χ2v) is 7.51. The molecule has 3 rings (SSSR count). The zero-order chi connectivity index (χ0) is 18.9. The summed E-state index contributed by atoms with van der Waals surface area (Å²) in [6, 6.07) is 14.1. The molecule has 1 aliphatic rings. The van der Waals surface area contributed by atoms with E-state index in [1.165, 1.54) is 4.90 Å². The van der Waals surface area contributed by atoms with Crippen LogP contribution in [0.3, 0.4) is 0 Å². The Kier molecular flexibility index (Phi) is 7.10. The summed E-state index contributed by atoms with van der Waals surface area (Å²) in [6.45, 7) is 2.11. The SMILES string of the molecule is CN=C(NCC(=O)Nc1cccnc1)N1CCC(CSc2ccccc2)C1. The van der Waals surface area contributed by atoms with Crippen LogP contribution in [0.1, 0.15) is 6.42 Å². The first-order valence-electron chi connectivity index (χ1n) is 9.08. The highest BCUT2D eigenvalue weighted by Gasteiger charge is 2.25. The van der Waals surface area contributed by atoms with Gasteiger partial charge in [0.15, 0.2) is 5.96 Å². The van der Waals surface area contributed by atoms with E-state index >= 15 is 0 Å². The third-order valence-corrected chi connectivity index (χ3v) is 5.62. The summed E-state index contributed by atoms with van der Waals surface area (Å²) in [5, 5.41) is 5.98. The Hall–Kier alpha value is -2.54. The van der Waals surface area contributed by atoms with Crippen LogP contribution in [0.25, 0.3) is 0 Å². The number of pyridine rings is 1. The van der Waals surface area contributed by atoms with Crippen LogP contribution in [-0.2, 0) is 4.79 Å². The highest BCUT2D eigenvalue weighted by molar-refractivity contribution is 7.99. The zero-order valence-electron chi connectivity index (χ0n) is 15.5. The number of nitrogens with zero attached hydrogens (tertiary/aromatic N) is 3. The highest BCUT2D eigenvalue weighted by atomic mass is 32.2. The maximum absolute atomic E-state index is 12.1. The number of benzene rings is 1. The molecule has 1 amide bonds. The van der Waals surface area contributed by atoms with Gasteiger partial charge >= 0.3 is 0 Å². The maximum atomic E-state index is 12.1. The second-order valence-electron chi connectivity index (χ2n) is 6.42. The molecule has 2 N–H and O–H groups in total. The number of likely N-dealkylation sites (tertiary alicyclic amines) is 1. The zero-order valence-corrected chi connectivity index (χ0v) is 16.3. The Morgan fingerprint density at radius 2 is 2.15 bits per heavy atom. The lowest BCUT2D eigenvalue weighted by Gasteiger charge is -2.21. The Bertz CT molecular complexity index is 753. The lowest BCUT2D eigenvalue weighted by Crippen LogP contribution is -2.43. The fraction of sp³-hybridized carbons (Fsp3) is 0.350. The Morgan fingerprint density at radius 1 is 1.30 bits per heavy atom. The van der Waals surface area contributed by atoms with Gasteiger partial charge in [-0.05, 0) is 36.6 Å². The maximum Gasteiger partial charge on any atom is 0.243 e. The van der Waals surface area contributed by atoms with Gasteiger partial charge in [-0.15, -0.1) is 11.8 Å². The third-order valence-electron chi connectivity index (χ3n) is 4.38. The van der Waals surface area contributed by atoms with Gasteiger partial charge < -0.3 is 15.5 Å². The molecule has 0 spiro atoms. The number of hydrogen-bond acceptors (Lipinski definition) is 4. The van der Waals surface area contributed by atoms with Crippen molar-refractivity contribution in [3.05, 3.63) is 54.9 Å². The number of amides is 1. The van der Waals surface area contributed by atoms with Crippen molar-refractivity contribution in [3.63, 3.8) is 0 Å². The predicted molar refractivity (Wildman–Crippen MR) is 111 cm³/mol. The molecule has 6 nitrogen and oxygen atoms in total. The number of aliphatic imine (C=N–C) groups is 1. The number of rotatable bonds is 6. The molecular formula is C20H25N5OS. The summed E-state index contributed by atoms with van der Waals surface area (Å²) >= 11 is 1.90. The van der Waals surface area contributed by atoms with Gasteiger partial charge in [-0.2, -0.15) is 0 Å². The van der Waals surface area contributed by atoms with Crippen molar-refractivity contribution in [1.82, 2.24) is 15.2 Å². The molecule has 0 bridgehead atoms. The largest absolute Gasteiger partial charge is 0.347 e. The number of thioether (sulfide) groups is 1. The number of carbonyl (C=O) groups excluding carboxylic acids is 1. The normalized spacial score (nSPS) is 17.0. The Labute approximate surface area is 164 Å². The summed E-state index contributed by atoms with van der Waals surface area (Å²) in [4.78, 5) is 24.0. The van der Waals surface area contributed by atoms with Gasteiger partial charge in [-0.25, -0.2) is 0 Å². The first-order valence-corrected chi connectivity index (χ1v) is 10.1. The minimum absolute atomic E-state index is 0.112. The molecule has 2 aromatic rings. The van der Waals surface area contributed by atoms with Gasteiger partial charge in [0.25, 0.3) is 0 Å². The van der Waals surface area contributed by atoms with Crippen molar-refractivity contribution >= 4 is 29.3 Å². The lowest BCUT2D eigenvalue weighted by atomic mass is 10.2. The number of hydrogen-bond donors (Lipinski definition) is 2. The molecule has 2 heterocycles. The average Bonchev–Trinajstić information content (AvgIpc) is 3.17. The van der Waals surface area contributed by atoms with Gasteiger partial charge in [0.2, 0.25) is 5.91 Å². The third kappa shape index (κ3) is 5.99. The topological polar surface area (TPSA) is 69.6 Å². The average molecular weight is 384 g/mol. The predicted octanol–water partition coefficient (Wildman–Crippen LogP) is 2.71. The van der Waals surface area contributed by atoms with Crippen LogP contribution in [0.2, 0.25) is 0 Å². The van der Waals surface area contributed by atoms with Crippen LogP contribution < -0.4 is 10.6 Å². The molecule has 0 radical (unpaired) electrons. The van der Waals surface area contributed by atoms with E-state index in [2.05, 4.69) is 49.8 Å². The van der Waals surface area contributed by atoms with Crippen molar-refractivity contribution in [2.75, 3.05) is 37.8 Å². The molecule has 1 saturated heterocycles. The van der Waals surface area contributed by atoms with Crippen molar-refractivity contribution in [3.8, 4) is 0 Å². The van der Waals surface area contributed by atoms with Gasteiger partial charge in [0.05, 0.1) is 18.4 Å². The van der Waals surface area contributed by atoms with Crippen LogP contribution in [0, 0.1) is 5.92 Å². The first kappa shape index (κ1) is 19.2. The van der Waals surface area contributed by atoms with Crippen LogP contribution in [0.5, 0.6) is 0 Å². The van der Waals surface area contributed by atoms with E-state index in [-0.39, 0.29) is 12.5 Å². The number of aromatic nitrogens is 1. The number of carbonyl (C=O) groups is 1. The van der Waals surface area contributed by atoms with E-state index in [9.17, 15) is 4.79 Å². The fourth-order valence-electron chi connectivity index (χ4n) is 3.03. The van der Waals surface area contributed by atoms with Gasteiger partial charge in [-0.3, -0.25) is 14.8 Å². The molecular weight excluding hydrogens is 358 g/mol. The summed E-state index contributed by atoms with van der Waals surface area (Å²) in [6.07, 6.45) is 4.44. The molecule has 1 aromatic carbocycles. The molecule has 0 aliphatic carbocycles. The monoisotopic (exact) mass is 383 g/mol. The van der Waals surface area contributed by atoms with Crippen LogP contribution in [0.15, 0.2) is 64.7 Å². The van der Waals surface area contributed by atoms with Crippen molar-refractivity contribution in [2.45, 2.75) is 11.3 Å². The molecule has 27 heavy (non-hydrogen) atoms. The van der Waals surface area contributed by atoms with Crippen LogP contribution in [-0.4, -0.2) is 54.2 Å². The molecule has 1 unspecified atom stereocenters. The lowest BCUT2D eigenvalue weighted by molar-refractivity contribution is -0.115. The van der Waals surface area contributed by atoms with Gasteiger partial charge in [0, 0.05) is 37.0 Å². The summed E-state index contributed by atoms with van der Waals surface area (Å²) in [7, 11) is 1.76. The molecule has 0 saturated carbocycles. The van der Waals surface area contributed by atoms with E-state index in [0.717, 1.165) is 31.2 Å².